The summed E-state index contributed by atoms with van der Waals surface area (Å²) >= 11 is 0. The summed E-state index contributed by atoms with van der Waals surface area (Å²) in [5.41, 5.74) is 2.60. The van der Waals surface area contributed by atoms with E-state index in [1.807, 2.05) is 6.07 Å². The molecule has 2 fully saturated rings. The van der Waals surface area contributed by atoms with Gasteiger partial charge < -0.3 is 10.1 Å². The van der Waals surface area contributed by atoms with Gasteiger partial charge in [-0.3, -0.25) is 9.69 Å². The molecule has 4 heteroatoms. The first kappa shape index (κ1) is 17.1. The van der Waals surface area contributed by atoms with Crippen LogP contribution in [-0.2, 0) is 17.8 Å². The number of rotatable bonds is 6. The minimum atomic E-state index is 0.213. The number of ether oxygens (including phenoxy) is 1. The maximum absolute atomic E-state index is 11.5. The van der Waals surface area contributed by atoms with Crippen LogP contribution in [0.25, 0.3) is 0 Å². The Bertz CT molecular complexity index is 730. The van der Waals surface area contributed by atoms with Crippen molar-refractivity contribution in [2.24, 2.45) is 11.8 Å². The Morgan fingerprint density at radius 2 is 1.73 bits per heavy atom. The van der Waals surface area contributed by atoms with Crippen molar-refractivity contribution >= 4 is 5.91 Å². The molecule has 2 aromatic carbocycles. The molecule has 2 heterocycles. The highest BCUT2D eigenvalue weighted by molar-refractivity contribution is 5.77. The minimum Gasteiger partial charge on any atom is -0.493 e. The molecule has 2 saturated heterocycles. The van der Waals surface area contributed by atoms with Crippen molar-refractivity contribution in [1.82, 2.24) is 10.2 Å². The summed E-state index contributed by atoms with van der Waals surface area (Å²) in [5.74, 6) is 2.29. The lowest BCUT2D eigenvalue weighted by Gasteiger charge is -2.23. The molecule has 0 aliphatic carbocycles. The van der Waals surface area contributed by atoms with Crippen LogP contribution in [0.15, 0.2) is 54.6 Å². The van der Waals surface area contributed by atoms with Crippen molar-refractivity contribution in [2.45, 2.75) is 19.4 Å². The van der Waals surface area contributed by atoms with E-state index in [1.54, 1.807) is 0 Å². The predicted octanol–water partition coefficient (Wildman–Crippen LogP) is 2.88. The van der Waals surface area contributed by atoms with Gasteiger partial charge in [-0.15, -0.1) is 0 Å². The molecule has 2 aromatic rings. The lowest BCUT2D eigenvalue weighted by molar-refractivity contribution is -0.124. The molecule has 2 aliphatic rings. The van der Waals surface area contributed by atoms with E-state index in [-0.39, 0.29) is 5.91 Å². The lowest BCUT2D eigenvalue weighted by atomic mass is 9.89. The Balaban J connectivity index is 1.25. The zero-order valence-electron chi connectivity index (χ0n) is 15.1. The molecule has 1 amide bonds. The normalized spacial score (nSPS) is 22.7. The summed E-state index contributed by atoms with van der Waals surface area (Å²) in [4.78, 5) is 14.0. The fourth-order valence-corrected chi connectivity index (χ4v) is 4.06. The van der Waals surface area contributed by atoms with Gasteiger partial charge >= 0.3 is 0 Å². The first-order valence-electron chi connectivity index (χ1n) is 9.51. The molecule has 2 aliphatic heterocycles. The number of carbonyl (C=O) groups is 1. The Morgan fingerprint density at radius 1 is 0.962 bits per heavy atom. The summed E-state index contributed by atoms with van der Waals surface area (Å²) < 4.78 is 5.86. The van der Waals surface area contributed by atoms with Crippen LogP contribution in [-0.4, -0.2) is 37.0 Å². The molecular formula is C22H26N2O2. The zero-order valence-corrected chi connectivity index (χ0v) is 15.1. The van der Waals surface area contributed by atoms with E-state index >= 15 is 0 Å². The summed E-state index contributed by atoms with van der Waals surface area (Å²) in [6, 6.07) is 18.9. The van der Waals surface area contributed by atoms with Gasteiger partial charge in [0.15, 0.2) is 0 Å². The Hall–Kier alpha value is -2.33. The largest absolute Gasteiger partial charge is 0.493 e. The van der Waals surface area contributed by atoms with Gasteiger partial charge in [0.2, 0.25) is 5.91 Å². The monoisotopic (exact) mass is 350 g/mol. The molecule has 0 bridgehead atoms. The van der Waals surface area contributed by atoms with Crippen LogP contribution < -0.4 is 10.1 Å². The Morgan fingerprint density at radius 3 is 2.54 bits per heavy atom. The first-order valence-corrected chi connectivity index (χ1v) is 9.51. The summed E-state index contributed by atoms with van der Waals surface area (Å²) in [5, 5.41) is 2.99. The number of carbonyl (C=O) groups excluding carboxylic acids is 1. The number of hydrogen-bond acceptors (Lipinski definition) is 3. The Labute approximate surface area is 155 Å². The molecule has 0 saturated carbocycles. The molecule has 0 radical (unpaired) electrons. The van der Waals surface area contributed by atoms with Gasteiger partial charge in [-0.05, 0) is 35.1 Å². The van der Waals surface area contributed by atoms with Crippen molar-refractivity contribution < 1.29 is 9.53 Å². The average Bonchev–Trinajstić information content (AvgIpc) is 3.05. The van der Waals surface area contributed by atoms with Crippen LogP contribution in [0, 0.1) is 11.8 Å². The topological polar surface area (TPSA) is 41.6 Å². The highest BCUT2D eigenvalue weighted by atomic mass is 16.5. The molecule has 4 rings (SSSR count). The number of nitrogens with one attached hydrogen (secondary N) is 1. The zero-order chi connectivity index (χ0) is 17.8. The van der Waals surface area contributed by atoms with E-state index < -0.39 is 0 Å². The molecule has 0 spiro atoms. The lowest BCUT2D eigenvalue weighted by Crippen LogP contribution is -2.39. The van der Waals surface area contributed by atoms with E-state index in [9.17, 15) is 4.79 Å². The fraction of sp³-hybridized carbons (Fsp3) is 0.409. The van der Waals surface area contributed by atoms with Crippen LogP contribution in [0.1, 0.15) is 17.5 Å². The van der Waals surface area contributed by atoms with Crippen LogP contribution in [0.3, 0.4) is 0 Å². The number of likely N-dealkylation sites (tertiary alicyclic amines) is 1. The summed E-state index contributed by atoms with van der Waals surface area (Å²) in [6.07, 6.45) is 1.61. The van der Waals surface area contributed by atoms with Crippen LogP contribution >= 0.6 is 0 Å². The van der Waals surface area contributed by atoms with Crippen LogP contribution in [0.5, 0.6) is 5.75 Å². The molecule has 136 valence electrons. The maximum atomic E-state index is 11.5. The van der Waals surface area contributed by atoms with Crippen molar-refractivity contribution in [3.63, 3.8) is 0 Å². The second kappa shape index (κ2) is 7.92. The maximum Gasteiger partial charge on any atom is 0.220 e. The highest BCUT2D eigenvalue weighted by Crippen LogP contribution is 2.29. The summed E-state index contributed by atoms with van der Waals surface area (Å²) in [6.45, 7) is 4.60. The smallest absolute Gasteiger partial charge is 0.220 e. The molecule has 1 N–H and O–H groups in total. The first-order chi connectivity index (χ1) is 12.8. The van der Waals surface area contributed by atoms with Crippen LogP contribution in [0.4, 0.5) is 0 Å². The van der Waals surface area contributed by atoms with Crippen molar-refractivity contribution in [2.75, 3.05) is 26.2 Å². The molecule has 2 atom stereocenters. The molecule has 26 heavy (non-hydrogen) atoms. The van der Waals surface area contributed by atoms with E-state index in [1.165, 1.54) is 11.1 Å². The molecule has 0 unspecified atom stereocenters. The molecule has 0 aromatic heterocycles. The number of nitrogens with zero attached hydrogens (tertiary/aromatic N) is 1. The van der Waals surface area contributed by atoms with Gasteiger partial charge in [0.25, 0.3) is 0 Å². The van der Waals surface area contributed by atoms with E-state index in [4.69, 9.17) is 4.74 Å². The van der Waals surface area contributed by atoms with Gasteiger partial charge in [0, 0.05) is 39.0 Å². The number of piperidine rings is 1. The van der Waals surface area contributed by atoms with E-state index in [0.29, 0.717) is 24.9 Å². The average molecular weight is 350 g/mol. The number of hydrogen-bond donors (Lipinski definition) is 1. The third kappa shape index (κ3) is 4.25. The van der Waals surface area contributed by atoms with Gasteiger partial charge in [-0.25, -0.2) is 0 Å². The van der Waals surface area contributed by atoms with Gasteiger partial charge in [0.05, 0.1) is 6.61 Å². The third-order valence-corrected chi connectivity index (χ3v) is 5.49. The van der Waals surface area contributed by atoms with Crippen molar-refractivity contribution in [3.8, 4) is 5.75 Å². The number of fused-ring (bicyclic) bond motifs is 1. The minimum absolute atomic E-state index is 0.213. The Kier molecular flexibility index (Phi) is 5.21. The molecule has 4 nitrogen and oxygen atoms in total. The highest BCUT2D eigenvalue weighted by Gasteiger charge is 2.36. The van der Waals surface area contributed by atoms with Gasteiger partial charge in [-0.1, -0.05) is 42.5 Å². The fourth-order valence-electron chi connectivity index (χ4n) is 4.06. The van der Waals surface area contributed by atoms with Gasteiger partial charge in [0.1, 0.15) is 5.75 Å². The van der Waals surface area contributed by atoms with E-state index in [2.05, 4.69) is 58.7 Å². The quantitative estimate of drug-likeness (QED) is 0.871. The number of amides is 1. The second-order valence-electron chi connectivity index (χ2n) is 7.45. The molecular weight excluding hydrogens is 324 g/mol. The summed E-state index contributed by atoms with van der Waals surface area (Å²) in [7, 11) is 0. The second-order valence-corrected chi connectivity index (χ2v) is 7.45. The van der Waals surface area contributed by atoms with Gasteiger partial charge in [-0.2, -0.15) is 0 Å². The standard InChI is InChI=1S/C22H26N2O2/c25-22-12-19-15-24(16-20(19)13-23-22)14-18-6-8-21(9-7-18)26-11-10-17-4-2-1-3-5-17/h1-9,19-20H,10-16H2,(H,23,25)/t19-,20+/m1/s1. The SMILES string of the molecule is O=C1C[C@@H]2CN(Cc3ccc(OCCc4ccccc4)cc3)C[C@@H]2CN1. The van der Waals surface area contributed by atoms with Crippen LogP contribution in [0.2, 0.25) is 0 Å². The number of benzene rings is 2. The van der Waals surface area contributed by atoms with Crippen molar-refractivity contribution in [1.29, 1.82) is 0 Å². The van der Waals surface area contributed by atoms with E-state index in [0.717, 1.165) is 38.3 Å². The van der Waals surface area contributed by atoms with Crippen molar-refractivity contribution in [3.05, 3.63) is 65.7 Å². The third-order valence-electron chi connectivity index (χ3n) is 5.49. The predicted molar refractivity (Wildman–Crippen MR) is 102 cm³/mol.